The highest BCUT2D eigenvalue weighted by molar-refractivity contribution is 9.10. The summed E-state index contributed by atoms with van der Waals surface area (Å²) in [5.74, 6) is 0.0164. The van der Waals surface area contributed by atoms with Gasteiger partial charge in [-0.1, -0.05) is 33.6 Å². The highest BCUT2D eigenvalue weighted by atomic mass is 79.9. The van der Waals surface area contributed by atoms with E-state index in [0.29, 0.717) is 13.0 Å². The largest absolute Gasteiger partial charge is 0.384 e. The van der Waals surface area contributed by atoms with E-state index in [2.05, 4.69) is 58.6 Å². The third kappa shape index (κ3) is 4.60. The number of halogens is 1. The quantitative estimate of drug-likeness (QED) is 0.802. The zero-order valence-electron chi connectivity index (χ0n) is 13.2. The molecule has 0 unspecified atom stereocenters. The average molecular weight is 361 g/mol. The maximum absolute atomic E-state index is 12.0. The number of anilines is 2. The standard InChI is InChI=1S/C18H21BrN2O/c1-12-4-6-16(13(2)10-12)20-9-8-18(22)21-17-7-5-15(19)11-14(17)3/h4-7,10-11,20H,8-9H2,1-3H3,(H,21,22). The smallest absolute Gasteiger partial charge is 0.226 e. The van der Waals surface area contributed by atoms with Gasteiger partial charge in [0.05, 0.1) is 0 Å². The lowest BCUT2D eigenvalue weighted by Crippen LogP contribution is -2.17. The fourth-order valence-corrected chi connectivity index (χ4v) is 2.78. The van der Waals surface area contributed by atoms with Crippen molar-refractivity contribution in [1.82, 2.24) is 0 Å². The van der Waals surface area contributed by atoms with Crippen LogP contribution in [-0.4, -0.2) is 12.5 Å². The Morgan fingerprint density at radius 2 is 1.68 bits per heavy atom. The number of carbonyl (C=O) groups excluding carboxylic acids is 1. The molecule has 1 amide bonds. The van der Waals surface area contributed by atoms with Gasteiger partial charge in [0.1, 0.15) is 0 Å². The molecule has 2 N–H and O–H groups in total. The minimum Gasteiger partial charge on any atom is -0.384 e. The average Bonchev–Trinajstić information content (AvgIpc) is 2.44. The van der Waals surface area contributed by atoms with Crippen molar-refractivity contribution in [2.75, 3.05) is 17.2 Å². The molecule has 0 spiro atoms. The van der Waals surface area contributed by atoms with E-state index in [0.717, 1.165) is 21.4 Å². The van der Waals surface area contributed by atoms with Gasteiger partial charge in [-0.05, 0) is 56.2 Å². The zero-order valence-corrected chi connectivity index (χ0v) is 14.8. The van der Waals surface area contributed by atoms with Crippen molar-refractivity contribution in [3.63, 3.8) is 0 Å². The number of rotatable bonds is 5. The van der Waals surface area contributed by atoms with Crippen molar-refractivity contribution in [3.8, 4) is 0 Å². The lowest BCUT2D eigenvalue weighted by atomic mass is 10.1. The van der Waals surface area contributed by atoms with E-state index in [4.69, 9.17) is 0 Å². The van der Waals surface area contributed by atoms with E-state index in [1.807, 2.05) is 25.1 Å². The first-order chi connectivity index (χ1) is 10.5. The normalized spacial score (nSPS) is 10.4. The van der Waals surface area contributed by atoms with Crippen LogP contribution in [0.25, 0.3) is 0 Å². The first-order valence-corrected chi connectivity index (χ1v) is 8.12. The third-order valence-corrected chi connectivity index (χ3v) is 4.01. The predicted octanol–water partition coefficient (Wildman–Crippen LogP) is 4.82. The number of hydrogen-bond donors (Lipinski definition) is 2. The monoisotopic (exact) mass is 360 g/mol. The number of amides is 1. The number of aryl methyl sites for hydroxylation is 3. The van der Waals surface area contributed by atoms with Gasteiger partial charge in [-0.2, -0.15) is 0 Å². The molecule has 0 aromatic heterocycles. The van der Waals surface area contributed by atoms with Crippen LogP contribution in [0, 0.1) is 20.8 Å². The van der Waals surface area contributed by atoms with E-state index >= 15 is 0 Å². The maximum atomic E-state index is 12.0. The fourth-order valence-electron chi connectivity index (χ4n) is 2.30. The molecule has 0 aliphatic rings. The van der Waals surface area contributed by atoms with Crippen LogP contribution in [0.3, 0.4) is 0 Å². The van der Waals surface area contributed by atoms with Crippen molar-refractivity contribution < 1.29 is 4.79 Å². The number of nitrogens with one attached hydrogen (secondary N) is 2. The Kier molecular flexibility index (Phi) is 5.61. The Hall–Kier alpha value is -1.81. The van der Waals surface area contributed by atoms with E-state index in [-0.39, 0.29) is 5.91 Å². The third-order valence-electron chi connectivity index (χ3n) is 3.51. The second-order valence-electron chi connectivity index (χ2n) is 5.50. The van der Waals surface area contributed by atoms with Gasteiger partial charge in [0, 0.05) is 28.8 Å². The summed E-state index contributed by atoms with van der Waals surface area (Å²) in [6, 6.07) is 12.1. The Morgan fingerprint density at radius 3 is 2.36 bits per heavy atom. The summed E-state index contributed by atoms with van der Waals surface area (Å²) >= 11 is 3.42. The van der Waals surface area contributed by atoms with Crippen LogP contribution in [0.1, 0.15) is 23.1 Å². The van der Waals surface area contributed by atoms with Gasteiger partial charge in [0.25, 0.3) is 0 Å². The summed E-state index contributed by atoms with van der Waals surface area (Å²) < 4.78 is 1.01. The van der Waals surface area contributed by atoms with Gasteiger partial charge < -0.3 is 10.6 Å². The minimum absolute atomic E-state index is 0.0164. The van der Waals surface area contributed by atoms with E-state index in [9.17, 15) is 4.79 Å². The van der Waals surface area contributed by atoms with E-state index < -0.39 is 0 Å². The molecule has 4 heteroatoms. The second-order valence-corrected chi connectivity index (χ2v) is 6.42. The molecule has 0 radical (unpaired) electrons. The molecule has 0 heterocycles. The van der Waals surface area contributed by atoms with Crippen LogP contribution >= 0.6 is 15.9 Å². The molecule has 0 atom stereocenters. The van der Waals surface area contributed by atoms with Crippen molar-refractivity contribution in [1.29, 1.82) is 0 Å². The number of carbonyl (C=O) groups is 1. The van der Waals surface area contributed by atoms with Gasteiger partial charge in [0.15, 0.2) is 0 Å². The predicted molar refractivity (Wildman–Crippen MR) is 96.5 cm³/mol. The molecule has 0 fully saturated rings. The van der Waals surface area contributed by atoms with Gasteiger partial charge >= 0.3 is 0 Å². The highest BCUT2D eigenvalue weighted by Gasteiger charge is 2.05. The first-order valence-electron chi connectivity index (χ1n) is 7.33. The van der Waals surface area contributed by atoms with Crippen molar-refractivity contribution in [3.05, 3.63) is 57.6 Å². The zero-order chi connectivity index (χ0) is 16.1. The summed E-state index contributed by atoms with van der Waals surface area (Å²) in [6.07, 6.45) is 0.433. The molecule has 3 nitrogen and oxygen atoms in total. The lowest BCUT2D eigenvalue weighted by molar-refractivity contribution is -0.115. The molecule has 0 bridgehead atoms. The van der Waals surface area contributed by atoms with Gasteiger partial charge in [-0.25, -0.2) is 0 Å². The molecular formula is C18H21BrN2O. The molecule has 0 aliphatic heterocycles. The summed E-state index contributed by atoms with van der Waals surface area (Å²) in [7, 11) is 0. The highest BCUT2D eigenvalue weighted by Crippen LogP contribution is 2.20. The Labute approximate surface area is 140 Å². The molecule has 0 aliphatic carbocycles. The molecule has 0 saturated carbocycles. The molecule has 2 aromatic rings. The molecule has 2 aromatic carbocycles. The van der Waals surface area contributed by atoms with Crippen LogP contribution in [0.15, 0.2) is 40.9 Å². The molecule has 116 valence electrons. The van der Waals surface area contributed by atoms with Gasteiger partial charge in [0.2, 0.25) is 5.91 Å². The Balaban J connectivity index is 1.85. The molecular weight excluding hydrogens is 340 g/mol. The summed E-state index contributed by atoms with van der Waals surface area (Å²) in [5, 5.41) is 6.26. The SMILES string of the molecule is Cc1ccc(NCCC(=O)Nc2ccc(Br)cc2C)c(C)c1. The second kappa shape index (κ2) is 7.45. The Bertz CT molecular complexity index is 683. The maximum Gasteiger partial charge on any atom is 0.226 e. The fraction of sp³-hybridized carbons (Fsp3) is 0.278. The van der Waals surface area contributed by atoms with Crippen LogP contribution in [-0.2, 0) is 4.79 Å². The Morgan fingerprint density at radius 1 is 1.00 bits per heavy atom. The minimum atomic E-state index is 0.0164. The lowest BCUT2D eigenvalue weighted by Gasteiger charge is -2.11. The summed E-state index contributed by atoms with van der Waals surface area (Å²) in [4.78, 5) is 12.0. The first kappa shape index (κ1) is 16.6. The van der Waals surface area contributed by atoms with Crippen LogP contribution in [0.2, 0.25) is 0 Å². The van der Waals surface area contributed by atoms with Crippen LogP contribution in [0.4, 0.5) is 11.4 Å². The van der Waals surface area contributed by atoms with E-state index in [1.165, 1.54) is 11.1 Å². The van der Waals surface area contributed by atoms with Gasteiger partial charge in [-0.3, -0.25) is 4.79 Å². The molecule has 2 rings (SSSR count). The van der Waals surface area contributed by atoms with Crippen LogP contribution in [0.5, 0.6) is 0 Å². The van der Waals surface area contributed by atoms with Crippen molar-refractivity contribution >= 4 is 33.2 Å². The van der Waals surface area contributed by atoms with Gasteiger partial charge in [-0.15, -0.1) is 0 Å². The van der Waals surface area contributed by atoms with Crippen LogP contribution < -0.4 is 10.6 Å². The molecule has 22 heavy (non-hydrogen) atoms. The number of benzene rings is 2. The van der Waals surface area contributed by atoms with Crippen molar-refractivity contribution in [2.24, 2.45) is 0 Å². The molecule has 0 saturated heterocycles. The summed E-state index contributed by atoms with van der Waals surface area (Å²) in [6.45, 7) is 6.74. The van der Waals surface area contributed by atoms with Crippen molar-refractivity contribution in [2.45, 2.75) is 27.2 Å². The van der Waals surface area contributed by atoms with E-state index in [1.54, 1.807) is 0 Å². The topological polar surface area (TPSA) is 41.1 Å². The summed E-state index contributed by atoms with van der Waals surface area (Å²) in [5.41, 5.74) is 5.43. The number of hydrogen-bond acceptors (Lipinski definition) is 2.